The topological polar surface area (TPSA) is 85.9 Å². The molecule has 2 amide bonds. The summed E-state index contributed by atoms with van der Waals surface area (Å²) in [4.78, 5) is 22.7. The molecule has 0 bridgehead atoms. The van der Waals surface area contributed by atoms with E-state index in [1.54, 1.807) is 32.4 Å². The molecule has 0 atom stereocenters. The fourth-order valence-corrected chi connectivity index (χ4v) is 1.75. The molecule has 2 N–H and O–H groups in total. The van der Waals surface area contributed by atoms with E-state index in [0.29, 0.717) is 43.0 Å². The molecule has 22 heavy (non-hydrogen) atoms. The van der Waals surface area contributed by atoms with Crippen LogP contribution in [0.4, 0.5) is 10.5 Å². The molecule has 0 heterocycles. The number of urea groups is 1. The second-order valence-electron chi connectivity index (χ2n) is 4.52. The highest BCUT2D eigenvalue weighted by molar-refractivity contribution is 5.89. The Kier molecular flexibility index (Phi) is 7.60. The molecule has 0 unspecified atom stereocenters. The van der Waals surface area contributed by atoms with E-state index in [1.165, 1.54) is 7.11 Å². The Morgan fingerprint density at radius 2 is 1.64 bits per heavy atom. The molecule has 1 aromatic rings. The molecule has 0 aliphatic heterocycles. The summed E-state index contributed by atoms with van der Waals surface area (Å²) in [6.07, 6.45) is 1.72. The molecule has 122 valence electrons. The van der Waals surface area contributed by atoms with E-state index < -0.39 is 0 Å². The number of carbonyl (C=O) groups excluding carboxylic acids is 2. The number of unbranched alkanes of at least 4 members (excludes halogenated alkanes) is 1. The van der Waals surface area contributed by atoms with Gasteiger partial charge in [0.15, 0.2) is 0 Å². The number of hydrogen-bond donors (Lipinski definition) is 2. The maximum absolute atomic E-state index is 11.8. The first-order valence-corrected chi connectivity index (χ1v) is 6.93. The van der Waals surface area contributed by atoms with Crippen LogP contribution in [0.5, 0.6) is 11.5 Å². The first-order chi connectivity index (χ1) is 10.6. The Morgan fingerprint density at radius 1 is 1.00 bits per heavy atom. The largest absolute Gasteiger partial charge is 0.497 e. The highest BCUT2D eigenvalue weighted by Crippen LogP contribution is 2.25. The fraction of sp³-hybridized carbons (Fsp3) is 0.467. The van der Waals surface area contributed by atoms with Crippen molar-refractivity contribution in [3.8, 4) is 11.5 Å². The number of ether oxygens (including phenoxy) is 3. The van der Waals surface area contributed by atoms with Crippen LogP contribution in [0.2, 0.25) is 0 Å². The first kappa shape index (κ1) is 17.6. The van der Waals surface area contributed by atoms with Gasteiger partial charge < -0.3 is 24.8 Å². The number of esters is 1. The summed E-state index contributed by atoms with van der Waals surface area (Å²) in [5.74, 6) is 0.938. The van der Waals surface area contributed by atoms with Gasteiger partial charge in [-0.3, -0.25) is 4.79 Å². The molecule has 0 saturated carbocycles. The van der Waals surface area contributed by atoms with Crippen molar-refractivity contribution >= 4 is 17.7 Å². The number of rotatable bonds is 8. The number of benzene rings is 1. The Bertz CT molecular complexity index is 482. The minimum atomic E-state index is -0.326. The van der Waals surface area contributed by atoms with E-state index in [4.69, 9.17) is 9.47 Å². The molecule has 0 radical (unpaired) electrons. The molecular weight excluding hydrogens is 288 g/mol. The number of methoxy groups -OCH3 is 3. The zero-order chi connectivity index (χ0) is 16.4. The molecule has 1 aromatic carbocycles. The van der Waals surface area contributed by atoms with Crippen molar-refractivity contribution < 1.29 is 23.8 Å². The van der Waals surface area contributed by atoms with E-state index in [0.717, 1.165) is 0 Å². The third-order valence-electron chi connectivity index (χ3n) is 2.93. The van der Waals surface area contributed by atoms with Gasteiger partial charge in [0.05, 0.1) is 21.3 Å². The predicted molar refractivity (Wildman–Crippen MR) is 82.4 cm³/mol. The van der Waals surface area contributed by atoms with Crippen molar-refractivity contribution in [3.63, 3.8) is 0 Å². The minimum absolute atomic E-state index is 0.243. The lowest BCUT2D eigenvalue weighted by Gasteiger charge is -2.10. The molecule has 7 heteroatoms. The summed E-state index contributed by atoms with van der Waals surface area (Å²) in [6, 6.07) is 4.78. The van der Waals surface area contributed by atoms with E-state index in [-0.39, 0.29) is 12.0 Å². The maximum atomic E-state index is 11.8. The van der Waals surface area contributed by atoms with E-state index in [1.807, 2.05) is 0 Å². The van der Waals surface area contributed by atoms with Crippen LogP contribution in [0.3, 0.4) is 0 Å². The quantitative estimate of drug-likeness (QED) is 0.568. The second-order valence-corrected chi connectivity index (χ2v) is 4.52. The van der Waals surface area contributed by atoms with Crippen LogP contribution in [-0.4, -0.2) is 39.9 Å². The molecular formula is C15H22N2O5. The van der Waals surface area contributed by atoms with Crippen molar-refractivity contribution in [2.75, 3.05) is 33.2 Å². The Labute approximate surface area is 129 Å². The molecule has 1 rings (SSSR count). The van der Waals surface area contributed by atoms with Gasteiger partial charge in [0.1, 0.15) is 11.5 Å². The highest BCUT2D eigenvalue weighted by Gasteiger charge is 2.06. The summed E-state index contributed by atoms with van der Waals surface area (Å²) < 4.78 is 14.8. The number of carbonyl (C=O) groups is 2. The maximum Gasteiger partial charge on any atom is 0.319 e. The minimum Gasteiger partial charge on any atom is -0.497 e. The third-order valence-corrected chi connectivity index (χ3v) is 2.93. The Morgan fingerprint density at radius 3 is 2.18 bits per heavy atom. The second kappa shape index (κ2) is 9.49. The van der Waals surface area contributed by atoms with Crippen molar-refractivity contribution in [1.29, 1.82) is 0 Å². The van der Waals surface area contributed by atoms with Crippen LogP contribution in [0, 0.1) is 0 Å². The van der Waals surface area contributed by atoms with Crippen LogP contribution in [0.1, 0.15) is 19.3 Å². The number of anilines is 1. The van der Waals surface area contributed by atoms with Crippen LogP contribution in [0.25, 0.3) is 0 Å². The first-order valence-electron chi connectivity index (χ1n) is 6.93. The highest BCUT2D eigenvalue weighted by atomic mass is 16.5. The summed E-state index contributed by atoms with van der Waals surface area (Å²) in [5.41, 5.74) is 0.572. The molecule has 0 aromatic heterocycles. The summed E-state index contributed by atoms with van der Waals surface area (Å²) in [7, 11) is 4.44. The van der Waals surface area contributed by atoms with Crippen LogP contribution in [-0.2, 0) is 9.53 Å². The summed E-state index contributed by atoms with van der Waals surface area (Å²) >= 11 is 0. The Balaban J connectivity index is 2.37. The average Bonchev–Trinajstić information content (AvgIpc) is 2.53. The molecule has 0 aliphatic carbocycles. The van der Waals surface area contributed by atoms with E-state index in [9.17, 15) is 9.59 Å². The van der Waals surface area contributed by atoms with E-state index >= 15 is 0 Å². The summed E-state index contributed by atoms with van der Waals surface area (Å²) in [5, 5.41) is 5.41. The monoisotopic (exact) mass is 310 g/mol. The van der Waals surface area contributed by atoms with Gasteiger partial charge in [-0.25, -0.2) is 4.79 Å². The number of nitrogens with one attached hydrogen (secondary N) is 2. The van der Waals surface area contributed by atoms with Crippen molar-refractivity contribution in [2.45, 2.75) is 19.3 Å². The zero-order valence-electron chi connectivity index (χ0n) is 13.1. The van der Waals surface area contributed by atoms with Gasteiger partial charge in [-0.05, 0) is 12.8 Å². The van der Waals surface area contributed by atoms with Crippen LogP contribution < -0.4 is 20.1 Å². The van der Waals surface area contributed by atoms with Gasteiger partial charge in [0.2, 0.25) is 0 Å². The van der Waals surface area contributed by atoms with Crippen LogP contribution in [0.15, 0.2) is 18.2 Å². The third kappa shape index (κ3) is 6.34. The molecule has 7 nitrogen and oxygen atoms in total. The van der Waals surface area contributed by atoms with E-state index in [2.05, 4.69) is 15.4 Å². The molecule has 0 fully saturated rings. The van der Waals surface area contributed by atoms with Crippen molar-refractivity contribution in [3.05, 3.63) is 18.2 Å². The smallest absolute Gasteiger partial charge is 0.319 e. The Hall–Kier alpha value is -2.44. The fourth-order valence-electron chi connectivity index (χ4n) is 1.75. The zero-order valence-corrected chi connectivity index (χ0v) is 13.1. The van der Waals surface area contributed by atoms with Crippen molar-refractivity contribution in [1.82, 2.24) is 5.32 Å². The number of amides is 2. The number of hydrogen-bond acceptors (Lipinski definition) is 5. The van der Waals surface area contributed by atoms with Gasteiger partial charge in [-0.1, -0.05) is 0 Å². The lowest BCUT2D eigenvalue weighted by molar-refractivity contribution is -0.140. The van der Waals surface area contributed by atoms with Gasteiger partial charge in [0, 0.05) is 36.9 Å². The molecule has 0 spiro atoms. The SMILES string of the molecule is COC(=O)CCCCNC(=O)Nc1cc(OC)cc(OC)c1. The lowest BCUT2D eigenvalue weighted by atomic mass is 10.2. The van der Waals surface area contributed by atoms with Gasteiger partial charge in [-0.2, -0.15) is 0 Å². The normalized spacial score (nSPS) is 9.77. The summed E-state index contributed by atoms with van der Waals surface area (Å²) in [6.45, 7) is 0.476. The predicted octanol–water partition coefficient (Wildman–Crippen LogP) is 2.17. The van der Waals surface area contributed by atoms with Crippen molar-refractivity contribution in [2.24, 2.45) is 0 Å². The van der Waals surface area contributed by atoms with Crippen LogP contribution >= 0.6 is 0 Å². The molecule has 0 aliphatic rings. The molecule has 0 saturated heterocycles. The lowest BCUT2D eigenvalue weighted by Crippen LogP contribution is -2.29. The van der Waals surface area contributed by atoms with Gasteiger partial charge >= 0.3 is 12.0 Å². The standard InChI is InChI=1S/C15H22N2O5/c1-20-12-8-11(9-13(10-12)21-2)17-15(19)16-7-5-4-6-14(18)22-3/h8-10H,4-7H2,1-3H3,(H2,16,17,19). The average molecular weight is 310 g/mol. The van der Waals surface area contributed by atoms with Gasteiger partial charge in [0.25, 0.3) is 0 Å². The van der Waals surface area contributed by atoms with Gasteiger partial charge in [-0.15, -0.1) is 0 Å².